The van der Waals surface area contributed by atoms with Crippen LogP contribution >= 0.6 is 23.2 Å². The van der Waals surface area contributed by atoms with Crippen molar-refractivity contribution in [3.8, 4) is 5.75 Å². The number of hydrogen-bond acceptors (Lipinski definition) is 2. The van der Waals surface area contributed by atoms with Gasteiger partial charge in [0.05, 0.1) is 16.7 Å². The summed E-state index contributed by atoms with van der Waals surface area (Å²) in [5, 5.41) is 1.06. The first-order chi connectivity index (χ1) is 8.04. The van der Waals surface area contributed by atoms with Gasteiger partial charge in [-0.2, -0.15) is 0 Å². The standard InChI is InChI=1S/C13H19Cl2NO/c1-9(2)4-3-5-17-13-11(14)6-10(8-16)7-12(13)15/h6-7,9H,3-5,8,16H2,1-2H3. The van der Waals surface area contributed by atoms with E-state index >= 15 is 0 Å². The molecule has 0 heterocycles. The molecule has 1 rings (SSSR count). The molecule has 0 atom stereocenters. The highest BCUT2D eigenvalue weighted by Gasteiger charge is 2.09. The van der Waals surface area contributed by atoms with Gasteiger partial charge in [-0.15, -0.1) is 0 Å². The Bertz CT molecular complexity index is 343. The molecule has 0 aliphatic rings. The molecule has 0 aromatic heterocycles. The molecule has 0 bridgehead atoms. The van der Waals surface area contributed by atoms with Crippen molar-refractivity contribution in [1.29, 1.82) is 0 Å². The van der Waals surface area contributed by atoms with E-state index in [2.05, 4.69) is 13.8 Å². The molecule has 0 amide bonds. The molecule has 17 heavy (non-hydrogen) atoms. The fraction of sp³-hybridized carbons (Fsp3) is 0.538. The SMILES string of the molecule is CC(C)CCCOc1c(Cl)cc(CN)cc1Cl. The minimum absolute atomic E-state index is 0.424. The molecule has 0 aliphatic heterocycles. The van der Waals surface area contributed by atoms with Gasteiger partial charge in [0.25, 0.3) is 0 Å². The van der Waals surface area contributed by atoms with Crippen LogP contribution in [0.5, 0.6) is 5.75 Å². The lowest BCUT2D eigenvalue weighted by molar-refractivity contribution is 0.298. The van der Waals surface area contributed by atoms with E-state index in [1.165, 1.54) is 0 Å². The topological polar surface area (TPSA) is 35.2 Å². The van der Waals surface area contributed by atoms with Crippen LogP contribution in [-0.2, 0) is 6.54 Å². The highest BCUT2D eigenvalue weighted by molar-refractivity contribution is 6.37. The molecule has 1 aromatic rings. The van der Waals surface area contributed by atoms with Crippen molar-refractivity contribution in [2.24, 2.45) is 11.7 Å². The van der Waals surface area contributed by atoms with Crippen LogP contribution in [0.25, 0.3) is 0 Å². The maximum Gasteiger partial charge on any atom is 0.156 e. The zero-order valence-corrected chi connectivity index (χ0v) is 11.8. The van der Waals surface area contributed by atoms with E-state index in [1.807, 2.05) is 0 Å². The molecule has 4 heteroatoms. The number of nitrogens with two attached hydrogens (primary N) is 1. The molecule has 0 aliphatic carbocycles. The molecule has 0 saturated carbocycles. The maximum absolute atomic E-state index is 6.09. The molecule has 2 N–H and O–H groups in total. The Hall–Kier alpha value is -0.440. The second-order valence-electron chi connectivity index (χ2n) is 4.48. The van der Waals surface area contributed by atoms with Gasteiger partial charge in [0, 0.05) is 6.54 Å². The molecule has 2 nitrogen and oxygen atoms in total. The van der Waals surface area contributed by atoms with Gasteiger partial charge in [-0.3, -0.25) is 0 Å². The fourth-order valence-electron chi connectivity index (χ4n) is 1.53. The molecule has 0 saturated heterocycles. The van der Waals surface area contributed by atoms with Gasteiger partial charge in [-0.05, 0) is 36.5 Å². The van der Waals surface area contributed by atoms with E-state index in [0.717, 1.165) is 18.4 Å². The first-order valence-corrected chi connectivity index (χ1v) is 6.61. The highest BCUT2D eigenvalue weighted by atomic mass is 35.5. The van der Waals surface area contributed by atoms with E-state index in [9.17, 15) is 0 Å². The number of benzene rings is 1. The predicted molar refractivity (Wildman–Crippen MR) is 73.9 cm³/mol. The second kappa shape index (κ2) is 7.10. The Morgan fingerprint density at radius 2 is 1.82 bits per heavy atom. The van der Waals surface area contributed by atoms with Crippen molar-refractivity contribution in [3.63, 3.8) is 0 Å². The van der Waals surface area contributed by atoms with Crippen LogP contribution in [0.1, 0.15) is 32.3 Å². The summed E-state index contributed by atoms with van der Waals surface area (Å²) in [6.07, 6.45) is 2.14. The molecule has 0 radical (unpaired) electrons. The minimum atomic E-state index is 0.424. The molecule has 0 fully saturated rings. The van der Waals surface area contributed by atoms with Gasteiger partial charge in [-0.1, -0.05) is 37.0 Å². The third-order valence-corrected chi connectivity index (χ3v) is 3.03. The third kappa shape index (κ3) is 4.74. The average Bonchev–Trinajstić information content (AvgIpc) is 2.26. The van der Waals surface area contributed by atoms with Crippen LogP contribution in [0.15, 0.2) is 12.1 Å². The number of halogens is 2. The van der Waals surface area contributed by atoms with E-state index in [1.54, 1.807) is 12.1 Å². The lowest BCUT2D eigenvalue weighted by atomic mass is 10.1. The van der Waals surface area contributed by atoms with Crippen LogP contribution in [0.3, 0.4) is 0 Å². The number of hydrogen-bond donors (Lipinski definition) is 1. The van der Waals surface area contributed by atoms with Gasteiger partial charge in [-0.25, -0.2) is 0 Å². The minimum Gasteiger partial charge on any atom is -0.490 e. The van der Waals surface area contributed by atoms with Crippen LogP contribution in [0.4, 0.5) is 0 Å². The molecule has 96 valence electrons. The van der Waals surface area contributed by atoms with Crippen molar-refractivity contribution >= 4 is 23.2 Å². The van der Waals surface area contributed by atoms with Crippen molar-refractivity contribution in [1.82, 2.24) is 0 Å². The van der Waals surface area contributed by atoms with Crippen molar-refractivity contribution in [3.05, 3.63) is 27.7 Å². The van der Waals surface area contributed by atoms with Crippen molar-refractivity contribution < 1.29 is 4.74 Å². The number of ether oxygens (including phenoxy) is 1. The molecule has 1 aromatic carbocycles. The van der Waals surface area contributed by atoms with E-state index in [4.69, 9.17) is 33.7 Å². The van der Waals surface area contributed by atoms with E-state index in [-0.39, 0.29) is 0 Å². The van der Waals surface area contributed by atoms with Gasteiger partial charge in [0.1, 0.15) is 0 Å². The lowest BCUT2D eigenvalue weighted by Gasteiger charge is -2.12. The van der Waals surface area contributed by atoms with Gasteiger partial charge >= 0.3 is 0 Å². The average molecular weight is 276 g/mol. The van der Waals surface area contributed by atoms with E-state index < -0.39 is 0 Å². The fourth-order valence-corrected chi connectivity index (χ4v) is 2.18. The smallest absolute Gasteiger partial charge is 0.156 e. The van der Waals surface area contributed by atoms with Crippen molar-refractivity contribution in [2.75, 3.05) is 6.61 Å². The normalized spacial score (nSPS) is 10.9. The summed E-state index contributed by atoms with van der Waals surface area (Å²) in [6.45, 7) is 5.44. The van der Waals surface area contributed by atoms with Crippen LogP contribution in [0, 0.1) is 5.92 Å². The summed E-state index contributed by atoms with van der Waals surface area (Å²) >= 11 is 12.2. The van der Waals surface area contributed by atoms with Crippen LogP contribution in [0.2, 0.25) is 10.0 Å². The number of rotatable bonds is 6. The summed E-state index contributed by atoms with van der Waals surface area (Å²) in [6, 6.07) is 3.59. The van der Waals surface area contributed by atoms with Crippen LogP contribution in [-0.4, -0.2) is 6.61 Å². The summed E-state index contributed by atoms with van der Waals surface area (Å²) in [7, 11) is 0. The molecule has 0 spiro atoms. The quantitative estimate of drug-likeness (QED) is 0.787. The summed E-state index contributed by atoms with van der Waals surface area (Å²) in [5.41, 5.74) is 6.45. The zero-order valence-electron chi connectivity index (χ0n) is 10.3. The lowest BCUT2D eigenvalue weighted by Crippen LogP contribution is -2.02. The van der Waals surface area contributed by atoms with Crippen molar-refractivity contribution in [2.45, 2.75) is 33.2 Å². The Morgan fingerprint density at radius 1 is 1.24 bits per heavy atom. The highest BCUT2D eigenvalue weighted by Crippen LogP contribution is 2.34. The van der Waals surface area contributed by atoms with Gasteiger partial charge in [0.2, 0.25) is 0 Å². The Balaban J connectivity index is 2.59. The first-order valence-electron chi connectivity index (χ1n) is 5.85. The van der Waals surface area contributed by atoms with E-state index in [0.29, 0.717) is 34.9 Å². The van der Waals surface area contributed by atoms with Crippen LogP contribution < -0.4 is 10.5 Å². The maximum atomic E-state index is 6.09. The van der Waals surface area contributed by atoms with Gasteiger partial charge in [0.15, 0.2) is 5.75 Å². The largest absolute Gasteiger partial charge is 0.490 e. The summed E-state index contributed by atoms with van der Waals surface area (Å²) < 4.78 is 5.61. The molecular weight excluding hydrogens is 257 g/mol. The Labute approximate surface area is 113 Å². The Kier molecular flexibility index (Phi) is 6.10. The first kappa shape index (κ1) is 14.6. The molecule has 0 unspecified atom stereocenters. The molecular formula is C13H19Cl2NO. The Morgan fingerprint density at radius 3 is 2.29 bits per heavy atom. The summed E-state index contributed by atoms with van der Waals surface area (Å²) in [4.78, 5) is 0. The zero-order chi connectivity index (χ0) is 12.8. The predicted octanol–water partition coefficient (Wildman–Crippen LogP) is 4.27. The third-order valence-electron chi connectivity index (χ3n) is 2.47. The summed E-state index contributed by atoms with van der Waals surface area (Å²) in [5.74, 6) is 1.25. The monoisotopic (exact) mass is 275 g/mol. The second-order valence-corrected chi connectivity index (χ2v) is 5.29. The van der Waals surface area contributed by atoms with Gasteiger partial charge < -0.3 is 10.5 Å².